The molecule has 4 nitrogen and oxygen atoms in total. The molecule has 2 aliphatic rings. The molecule has 0 aromatic carbocycles. The van der Waals surface area contributed by atoms with Gasteiger partial charge in [-0.2, -0.15) is 0 Å². The van der Waals surface area contributed by atoms with Gasteiger partial charge in [0.1, 0.15) is 0 Å². The Morgan fingerprint density at radius 3 is 2.26 bits per heavy atom. The molecule has 2 rings (SSSR count). The summed E-state index contributed by atoms with van der Waals surface area (Å²) in [5.41, 5.74) is 0. The lowest BCUT2D eigenvalue weighted by atomic mass is 9.82. The number of hydrogen-bond donors (Lipinski definition) is 3. The quantitative estimate of drug-likeness (QED) is 0.704. The van der Waals surface area contributed by atoms with Crippen LogP contribution in [0.1, 0.15) is 44.9 Å². The van der Waals surface area contributed by atoms with Crippen molar-refractivity contribution in [2.45, 2.75) is 44.9 Å². The standard InChI is InChI=1S/C15H28N2O2/c18-11-14-3-1-13(2-4-14)10-17-15(19)9-12-5-7-16-8-6-12/h12-14,16,18H,1-11H2,(H,17,19). The Morgan fingerprint density at radius 1 is 1.00 bits per heavy atom. The number of aliphatic hydroxyl groups is 1. The number of nitrogens with one attached hydrogen (secondary N) is 2. The monoisotopic (exact) mass is 268 g/mol. The summed E-state index contributed by atoms with van der Waals surface area (Å²) < 4.78 is 0. The lowest BCUT2D eigenvalue weighted by Gasteiger charge is -2.28. The van der Waals surface area contributed by atoms with E-state index in [4.69, 9.17) is 5.11 Å². The maximum absolute atomic E-state index is 11.9. The molecule has 0 aromatic rings. The van der Waals surface area contributed by atoms with Gasteiger partial charge in [0.2, 0.25) is 5.91 Å². The Hall–Kier alpha value is -0.610. The second-order valence-electron chi connectivity index (χ2n) is 6.27. The molecule has 1 amide bonds. The largest absolute Gasteiger partial charge is 0.396 e. The van der Waals surface area contributed by atoms with E-state index in [0.717, 1.165) is 58.2 Å². The predicted octanol–water partition coefficient (Wildman–Crippen LogP) is 1.29. The summed E-state index contributed by atoms with van der Waals surface area (Å²) in [4.78, 5) is 11.9. The zero-order chi connectivity index (χ0) is 13.5. The van der Waals surface area contributed by atoms with Gasteiger partial charge in [-0.1, -0.05) is 0 Å². The maximum Gasteiger partial charge on any atom is 0.220 e. The van der Waals surface area contributed by atoms with E-state index < -0.39 is 0 Å². The number of carbonyl (C=O) groups is 1. The molecule has 1 aliphatic carbocycles. The van der Waals surface area contributed by atoms with Crippen molar-refractivity contribution in [2.24, 2.45) is 17.8 Å². The lowest BCUT2D eigenvalue weighted by molar-refractivity contribution is -0.122. The smallest absolute Gasteiger partial charge is 0.220 e. The summed E-state index contributed by atoms with van der Waals surface area (Å²) in [6.45, 7) is 3.28. The molecular formula is C15H28N2O2. The van der Waals surface area contributed by atoms with E-state index in [1.807, 2.05) is 0 Å². The van der Waals surface area contributed by atoms with Crippen LogP contribution < -0.4 is 10.6 Å². The van der Waals surface area contributed by atoms with Crippen LogP contribution in [0, 0.1) is 17.8 Å². The van der Waals surface area contributed by atoms with Gasteiger partial charge in [0.15, 0.2) is 0 Å². The Bertz CT molecular complexity index is 269. The molecule has 0 unspecified atom stereocenters. The predicted molar refractivity (Wildman–Crippen MR) is 75.8 cm³/mol. The molecule has 2 fully saturated rings. The second-order valence-corrected chi connectivity index (χ2v) is 6.27. The van der Waals surface area contributed by atoms with Crippen molar-refractivity contribution in [1.82, 2.24) is 10.6 Å². The van der Waals surface area contributed by atoms with E-state index in [1.165, 1.54) is 0 Å². The van der Waals surface area contributed by atoms with Crippen LogP contribution in [0.4, 0.5) is 0 Å². The molecule has 110 valence electrons. The number of aliphatic hydroxyl groups excluding tert-OH is 1. The molecule has 0 bridgehead atoms. The van der Waals surface area contributed by atoms with Gasteiger partial charge in [0, 0.05) is 19.6 Å². The molecule has 1 aliphatic heterocycles. The molecular weight excluding hydrogens is 240 g/mol. The molecule has 1 saturated carbocycles. The first-order valence-electron chi connectivity index (χ1n) is 7.86. The first-order valence-corrected chi connectivity index (χ1v) is 7.86. The van der Waals surface area contributed by atoms with Crippen molar-refractivity contribution in [3.05, 3.63) is 0 Å². The summed E-state index contributed by atoms with van der Waals surface area (Å²) in [5, 5.41) is 15.5. The van der Waals surface area contributed by atoms with Crippen LogP contribution in [0.15, 0.2) is 0 Å². The van der Waals surface area contributed by atoms with Gasteiger partial charge in [0.25, 0.3) is 0 Å². The van der Waals surface area contributed by atoms with Crippen LogP contribution in [-0.4, -0.2) is 37.3 Å². The SMILES string of the molecule is O=C(CC1CCNCC1)NCC1CCC(CO)CC1. The summed E-state index contributed by atoms with van der Waals surface area (Å²) in [5.74, 6) is 1.93. The van der Waals surface area contributed by atoms with Gasteiger partial charge in [-0.15, -0.1) is 0 Å². The second kappa shape index (κ2) is 7.85. The van der Waals surface area contributed by atoms with Crippen molar-refractivity contribution in [2.75, 3.05) is 26.2 Å². The van der Waals surface area contributed by atoms with Gasteiger partial charge in [0.05, 0.1) is 0 Å². The van der Waals surface area contributed by atoms with E-state index in [0.29, 0.717) is 30.8 Å². The van der Waals surface area contributed by atoms with Crippen LogP contribution in [0.25, 0.3) is 0 Å². The van der Waals surface area contributed by atoms with Crippen LogP contribution >= 0.6 is 0 Å². The Balaban J connectivity index is 1.58. The number of rotatable bonds is 5. The average Bonchev–Trinajstić information content (AvgIpc) is 2.47. The number of carbonyl (C=O) groups excluding carboxylic acids is 1. The average molecular weight is 268 g/mol. The number of hydrogen-bond acceptors (Lipinski definition) is 3. The highest BCUT2D eigenvalue weighted by Crippen LogP contribution is 2.27. The van der Waals surface area contributed by atoms with Crippen molar-refractivity contribution in [3.63, 3.8) is 0 Å². The van der Waals surface area contributed by atoms with Crippen LogP contribution in [-0.2, 0) is 4.79 Å². The normalized spacial score (nSPS) is 29.1. The van der Waals surface area contributed by atoms with Crippen LogP contribution in [0.5, 0.6) is 0 Å². The highest BCUT2D eigenvalue weighted by Gasteiger charge is 2.22. The first-order chi connectivity index (χ1) is 9.28. The topological polar surface area (TPSA) is 61.4 Å². The summed E-state index contributed by atoms with van der Waals surface area (Å²) in [7, 11) is 0. The molecule has 0 radical (unpaired) electrons. The summed E-state index contributed by atoms with van der Waals surface area (Å²) in [6, 6.07) is 0. The van der Waals surface area contributed by atoms with Crippen molar-refractivity contribution < 1.29 is 9.90 Å². The molecule has 0 atom stereocenters. The molecule has 0 spiro atoms. The van der Waals surface area contributed by atoms with Gasteiger partial charge in [-0.05, 0) is 69.4 Å². The Morgan fingerprint density at radius 2 is 1.63 bits per heavy atom. The molecule has 1 saturated heterocycles. The fourth-order valence-corrected chi connectivity index (χ4v) is 3.30. The van der Waals surface area contributed by atoms with Gasteiger partial charge < -0.3 is 15.7 Å². The van der Waals surface area contributed by atoms with Gasteiger partial charge in [-0.25, -0.2) is 0 Å². The van der Waals surface area contributed by atoms with Crippen molar-refractivity contribution >= 4 is 5.91 Å². The summed E-state index contributed by atoms with van der Waals surface area (Å²) >= 11 is 0. The third-order valence-corrected chi connectivity index (χ3v) is 4.75. The van der Waals surface area contributed by atoms with Crippen LogP contribution in [0.3, 0.4) is 0 Å². The maximum atomic E-state index is 11.9. The van der Waals surface area contributed by atoms with Gasteiger partial charge in [-0.3, -0.25) is 4.79 Å². The number of piperidine rings is 1. The Kier molecular flexibility index (Phi) is 6.11. The van der Waals surface area contributed by atoms with E-state index in [2.05, 4.69) is 10.6 Å². The van der Waals surface area contributed by atoms with Crippen molar-refractivity contribution in [1.29, 1.82) is 0 Å². The van der Waals surface area contributed by atoms with E-state index >= 15 is 0 Å². The fourth-order valence-electron chi connectivity index (χ4n) is 3.30. The zero-order valence-electron chi connectivity index (χ0n) is 11.9. The third kappa shape index (κ3) is 5.11. The first kappa shape index (κ1) is 14.8. The zero-order valence-corrected chi connectivity index (χ0v) is 11.9. The van der Waals surface area contributed by atoms with Gasteiger partial charge >= 0.3 is 0 Å². The van der Waals surface area contributed by atoms with Crippen LogP contribution in [0.2, 0.25) is 0 Å². The minimum Gasteiger partial charge on any atom is -0.396 e. The molecule has 0 aromatic heterocycles. The van der Waals surface area contributed by atoms with E-state index in [9.17, 15) is 4.79 Å². The minimum atomic E-state index is 0.233. The third-order valence-electron chi connectivity index (χ3n) is 4.75. The highest BCUT2D eigenvalue weighted by molar-refractivity contribution is 5.76. The molecule has 19 heavy (non-hydrogen) atoms. The lowest BCUT2D eigenvalue weighted by Crippen LogP contribution is -2.35. The fraction of sp³-hybridized carbons (Fsp3) is 0.933. The highest BCUT2D eigenvalue weighted by atomic mass is 16.3. The van der Waals surface area contributed by atoms with E-state index in [-0.39, 0.29) is 5.91 Å². The number of amides is 1. The summed E-state index contributed by atoms with van der Waals surface area (Å²) in [6.07, 6.45) is 7.51. The molecule has 4 heteroatoms. The minimum absolute atomic E-state index is 0.233. The van der Waals surface area contributed by atoms with E-state index in [1.54, 1.807) is 0 Å². The Labute approximate surface area is 116 Å². The molecule has 3 N–H and O–H groups in total. The van der Waals surface area contributed by atoms with Crippen molar-refractivity contribution in [3.8, 4) is 0 Å². The molecule has 1 heterocycles.